The van der Waals surface area contributed by atoms with Crippen LogP contribution in [0.4, 0.5) is 0 Å². The maximum Gasteiger partial charge on any atom is 1.00 e. The van der Waals surface area contributed by atoms with Gasteiger partial charge in [-0.25, -0.2) is 0 Å². The second-order valence-electron chi connectivity index (χ2n) is 1.51. The van der Waals surface area contributed by atoms with Gasteiger partial charge in [0.05, 0.1) is 5.95 Å². The quantitative estimate of drug-likeness (QED) is 0.243. The monoisotopic (exact) mass is 152 g/mol. The molecular formula is C6H9NaO3. The molecule has 0 aromatic heterocycles. The van der Waals surface area contributed by atoms with Crippen LogP contribution >= 0.6 is 0 Å². The molecule has 0 spiro atoms. The van der Waals surface area contributed by atoms with Crippen LogP contribution in [0.2, 0.25) is 0 Å². The minimum absolute atomic E-state index is 0. The topological polar surface area (TPSA) is 49.4 Å². The number of ketones is 1. The maximum absolute atomic E-state index is 10.4. The van der Waals surface area contributed by atoms with E-state index in [1.54, 1.807) is 6.92 Å². The van der Waals surface area contributed by atoms with E-state index in [0.717, 1.165) is 6.08 Å². The summed E-state index contributed by atoms with van der Waals surface area (Å²) in [4.78, 5) is 10.2. The molecule has 0 bridgehead atoms. The number of carbonyl (C=O) groups excluding carboxylic acids is 1. The number of hydrogen-bond acceptors (Lipinski definition) is 3. The second-order valence-corrected chi connectivity index (χ2v) is 1.51. The SMILES string of the molecule is CCO/C([O-])=C/C(C)=O.[Na+]. The summed E-state index contributed by atoms with van der Waals surface area (Å²) in [5.74, 6) is -0.849. The maximum atomic E-state index is 10.4. The fourth-order valence-electron chi connectivity index (χ4n) is 0.350. The van der Waals surface area contributed by atoms with E-state index in [1.807, 2.05) is 0 Å². The fraction of sp³-hybridized carbons (Fsp3) is 0.500. The van der Waals surface area contributed by atoms with Crippen LogP contribution in [0.5, 0.6) is 0 Å². The van der Waals surface area contributed by atoms with Gasteiger partial charge in [-0.05, 0) is 13.5 Å². The zero-order chi connectivity index (χ0) is 7.28. The van der Waals surface area contributed by atoms with Crippen molar-refractivity contribution in [1.29, 1.82) is 0 Å². The zero-order valence-corrected chi connectivity index (χ0v) is 8.51. The molecule has 0 aliphatic carbocycles. The van der Waals surface area contributed by atoms with Crippen molar-refractivity contribution in [1.82, 2.24) is 0 Å². The molecule has 0 aromatic rings. The number of carbonyl (C=O) groups is 1. The van der Waals surface area contributed by atoms with Crippen LogP contribution in [0.1, 0.15) is 13.8 Å². The predicted molar refractivity (Wildman–Crippen MR) is 30.4 cm³/mol. The van der Waals surface area contributed by atoms with Gasteiger partial charge in [-0.15, -0.1) is 0 Å². The van der Waals surface area contributed by atoms with Gasteiger partial charge in [0.2, 0.25) is 0 Å². The van der Waals surface area contributed by atoms with Crippen molar-refractivity contribution in [2.24, 2.45) is 0 Å². The van der Waals surface area contributed by atoms with Gasteiger partial charge in [0.1, 0.15) is 0 Å². The van der Waals surface area contributed by atoms with Crippen molar-refractivity contribution in [3.8, 4) is 0 Å². The normalized spacial score (nSPS) is 10.0. The summed E-state index contributed by atoms with van der Waals surface area (Å²) in [5.41, 5.74) is 0. The van der Waals surface area contributed by atoms with Crippen molar-refractivity contribution in [2.75, 3.05) is 6.61 Å². The number of rotatable bonds is 3. The van der Waals surface area contributed by atoms with Gasteiger partial charge < -0.3 is 9.84 Å². The van der Waals surface area contributed by atoms with E-state index in [0.29, 0.717) is 6.61 Å². The third-order valence-corrected chi connectivity index (χ3v) is 0.608. The molecule has 0 amide bonds. The molecule has 3 nitrogen and oxygen atoms in total. The molecule has 0 heterocycles. The van der Waals surface area contributed by atoms with E-state index in [-0.39, 0.29) is 35.3 Å². The van der Waals surface area contributed by atoms with E-state index in [4.69, 9.17) is 0 Å². The number of ether oxygens (including phenoxy) is 1. The van der Waals surface area contributed by atoms with Crippen molar-refractivity contribution < 1.29 is 44.2 Å². The van der Waals surface area contributed by atoms with Crippen LogP contribution in [-0.2, 0) is 9.53 Å². The van der Waals surface area contributed by atoms with Crippen molar-refractivity contribution in [3.63, 3.8) is 0 Å². The standard InChI is InChI=1S/C6H10O3.Na/c1-3-9-6(8)4-5(2)7;/h4,8H,3H2,1-2H3;/q;+1/p-1/b6-4+;. The van der Waals surface area contributed by atoms with Crippen LogP contribution in [0, 0.1) is 0 Å². The van der Waals surface area contributed by atoms with Crippen molar-refractivity contribution in [2.45, 2.75) is 13.8 Å². The van der Waals surface area contributed by atoms with E-state index in [1.165, 1.54) is 6.92 Å². The van der Waals surface area contributed by atoms with Crippen molar-refractivity contribution in [3.05, 3.63) is 12.0 Å². The Labute approximate surface area is 82.4 Å². The minimum Gasteiger partial charge on any atom is -0.613 e. The molecule has 0 aliphatic rings. The van der Waals surface area contributed by atoms with Crippen LogP contribution in [0.15, 0.2) is 12.0 Å². The third kappa shape index (κ3) is 8.01. The van der Waals surface area contributed by atoms with Gasteiger partial charge in [-0.1, -0.05) is 6.92 Å². The smallest absolute Gasteiger partial charge is 0.613 e. The second kappa shape index (κ2) is 7.12. The first-order valence-electron chi connectivity index (χ1n) is 2.69. The van der Waals surface area contributed by atoms with Crippen molar-refractivity contribution >= 4 is 5.78 Å². The molecule has 0 N–H and O–H groups in total. The first-order chi connectivity index (χ1) is 4.16. The van der Waals surface area contributed by atoms with Gasteiger partial charge in [0.15, 0.2) is 5.78 Å². The van der Waals surface area contributed by atoms with Gasteiger partial charge in [-0.2, -0.15) is 0 Å². The summed E-state index contributed by atoms with van der Waals surface area (Å²) in [5, 5.41) is 10.4. The summed E-state index contributed by atoms with van der Waals surface area (Å²) in [7, 11) is 0. The molecule has 0 saturated carbocycles. The Morgan fingerprint density at radius 2 is 2.20 bits per heavy atom. The number of allylic oxidation sites excluding steroid dienone is 1. The Bertz CT molecular complexity index is 131. The first-order valence-corrected chi connectivity index (χ1v) is 2.69. The predicted octanol–water partition coefficient (Wildman–Crippen LogP) is -3.18. The van der Waals surface area contributed by atoms with Gasteiger partial charge in [-0.3, -0.25) is 4.79 Å². The van der Waals surface area contributed by atoms with Crippen LogP contribution in [-0.4, -0.2) is 12.4 Å². The summed E-state index contributed by atoms with van der Waals surface area (Å²) in [6.07, 6.45) is 0.920. The van der Waals surface area contributed by atoms with E-state index in [2.05, 4.69) is 4.74 Å². The van der Waals surface area contributed by atoms with Crippen LogP contribution in [0.25, 0.3) is 0 Å². The molecule has 0 radical (unpaired) electrons. The Morgan fingerprint density at radius 3 is 2.50 bits per heavy atom. The Hall–Kier alpha value is 0.0100. The largest absolute Gasteiger partial charge is 1.00 e. The molecule has 0 saturated heterocycles. The number of hydrogen-bond donors (Lipinski definition) is 0. The summed E-state index contributed by atoms with van der Waals surface area (Å²) in [6.45, 7) is 3.30. The van der Waals surface area contributed by atoms with E-state index < -0.39 is 5.95 Å². The van der Waals surface area contributed by atoms with Gasteiger partial charge in [0.25, 0.3) is 0 Å². The molecule has 0 rings (SSSR count). The molecule has 0 atom stereocenters. The van der Waals surface area contributed by atoms with Gasteiger partial charge >= 0.3 is 29.6 Å². The molecule has 0 fully saturated rings. The Morgan fingerprint density at radius 1 is 1.70 bits per heavy atom. The molecule has 0 aromatic carbocycles. The summed E-state index contributed by atoms with van der Waals surface area (Å²) >= 11 is 0. The van der Waals surface area contributed by atoms with E-state index in [9.17, 15) is 9.90 Å². The summed E-state index contributed by atoms with van der Waals surface area (Å²) in [6, 6.07) is 0. The average Bonchev–Trinajstić information content (AvgIpc) is 1.63. The zero-order valence-electron chi connectivity index (χ0n) is 6.51. The molecule has 10 heavy (non-hydrogen) atoms. The molecular weight excluding hydrogens is 143 g/mol. The van der Waals surface area contributed by atoms with E-state index >= 15 is 0 Å². The first kappa shape index (κ1) is 12.7. The molecule has 0 aliphatic heterocycles. The molecule has 52 valence electrons. The van der Waals surface area contributed by atoms with Gasteiger partial charge in [0, 0.05) is 6.08 Å². The molecule has 4 heteroatoms. The summed E-state index contributed by atoms with van der Waals surface area (Å²) < 4.78 is 4.44. The van der Waals surface area contributed by atoms with Crippen LogP contribution in [0.3, 0.4) is 0 Å². The minimum atomic E-state index is -0.565. The third-order valence-electron chi connectivity index (χ3n) is 0.608. The molecule has 0 unspecified atom stereocenters. The Kier molecular flexibility index (Phi) is 9.02. The fourth-order valence-corrected chi connectivity index (χ4v) is 0.350. The van der Waals surface area contributed by atoms with Crippen LogP contribution < -0.4 is 34.7 Å². The average molecular weight is 152 g/mol. The Balaban J connectivity index is 0.